The highest BCUT2D eigenvalue weighted by Gasteiger charge is 2.26. The fraction of sp³-hybridized carbons (Fsp3) is 1.00. The summed E-state index contributed by atoms with van der Waals surface area (Å²) in [5, 5.41) is 3.61. The first-order valence-electron chi connectivity index (χ1n) is 7.33. The molecule has 0 spiro atoms. The van der Waals surface area contributed by atoms with Crippen molar-refractivity contribution in [3.8, 4) is 0 Å². The van der Waals surface area contributed by atoms with E-state index in [9.17, 15) is 0 Å². The first kappa shape index (κ1) is 13.3. The van der Waals surface area contributed by atoms with E-state index in [0.717, 1.165) is 51.2 Å². The van der Waals surface area contributed by atoms with Gasteiger partial charge in [-0.2, -0.15) is 0 Å². The molecule has 3 nitrogen and oxygen atoms in total. The number of nitrogens with one attached hydrogen (secondary N) is 1. The summed E-state index contributed by atoms with van der Waals surface area (Å²) in [5.41, 5.74) is 0. The molecule has 0 aromatic carbocycles. The van der Waals surface area contributed by atoms with Gasteiger partial charge in [-0.3, -0.25) is 0 Å². The van der Waals surface area contributed by atoms with Gasteiger partial charge in [0.15, 0.2) is 0 Å². The Morgan fingerprint density at radius 1 is 1.18 bits per heavy atom. The Morgan fingerprint density at radius 3 is 2.76 bits per heavy atom. The minimum Gasteiger partial charge on any atom is -0.381 e. The second kappa shape index (κ2) is 7.34. The molecular weight excluding hydrogens is 214 g/mol. The molecule has 0 radical (unpaired) electrons. The van der Waals surface area contributed by atoms with Gasteiger partial charge < -0.3 is 14.8 Å². The molecule has 2 aliphatic rings. The van der Waals surface area contributed by atoms with Crippen LogP contribution in [0.4, 0.5) is 0 Å². The first-order valence-corrected chi connectivity index (χ1v) is 7.33. The predicted octanol–water partition coefficient (Wildman–Crippen LogP) is 2.35. The van der Waals surface area contributed by atoms with Gasteiger partial charge in [-0.25, -0.2) is 0 Å². The van der Waals surface area contributed by atoms with Crippen LogP contribution in [0.3, 0.4) is 0 Å². The molecule has 2 atom stereocenters. The average Bonchev–Trinajstić information content (AvgIpc) is 2.79. The normalized spacial score (nSPS) is 30.9. The summed E-state index contributed by atoms with van der Waals surface area (Å²) >= 11 is 0. The molecule has 0 aromatic rings. The van der Waals surface area contributed by atoms with Gasteiger partial charge in [0.05, 0.1) is 6.10 Å². The largest absolute Gasteiger partial charge is 0.381 e. The van der Waals surface area contributed by atoms with Crippen LogP contribution in [0.2, 0.25) is 0 Å². The SMILES string of the molecule is CCNC1CCCC1CCOC1CCOCC1. The molecule has 1 heterocycles. The van der Waals surface area contributed by atoms with Crippen LogP contribution >= 0.6 is 0 Å². The summed E-state index contributed by atoms with van der Waals surface area (Å²) in [6, 6.07) is 0.748. The van der Waals surface area contributed by atoms with Crippen LogP contribution in [0.1, 0.15) is 45.4 Å². The zero-order chi connectivity index (χ0) is 11.9. The average molecular weight is 241 g/mol. The number of hydrogen-bond donors (Lipinski definition) is 1. The van der Waals surface area contributed by atoms with Crippen molar-refractivity contribution in [2.45, 2.75) is 57.6 Å². The highest BCUT2D eigenvalue weighted by Crippen LogP contribution is 2.28. The van der Waals surface area contributed by atoms with Crippen LogP contribution < -0.4 is 5.32 Å². The second-order valence-electron chi connectivity index (χ2n) is 5.33. The molecular formula is C14H27NO2. The summed E-state index contributed by atoms with van der Waals surface area (Å²) in [6.45, 7) is 6.01. The molecule has 17 heavy (non-hydrogen) atoms. The minimum absolute atomic E-state index is 0.461. The van der Waals surface area contributed by atoms with Gasteiger partial charge in [-0.05, 0) is 44.6 Å². The van der Waals surface area contributed by atoms with Crippen LogP contribution in [0.15, 0.2) is 0 Å². The van der Waals surface area contributed by atoms with Gasteiger partial charge in [-0.15, -0.1) is 0 Å². The van der Waals surface area contributed by atoms with Crippen molar-refractivity contribution in [1.29, 1.82) is 0 Å². The van der Waals surface area contributed by atoms with Crippen LogP contribution in [0, 0.1) is 5.92 Å². The Hall–Kier alpha value is -0.120. The van der Waals surface area contributed by atoms with E-state index in [1.807, 2.05) is 0 Å². The lowest BCUT2D eigenvalue weighted by Crippen LogP contribution is -2.33. The van der Waals surface area contributed by atoms with Crippen molar-refractivity contribution in [2.24, 2.45) is 5.92 Å². The molecule has 2 fully saturated rings. The Bertz CT molecular complexity index is 204. The molecule has 1 saturated carbocycles. The quantitative estimate of drug-likeness (QED) is 0.774. The van der Waals surface area contributed by atoms with Crippen LogP contribution in [0.25, 0.3) is 0 Å². The molecule has 3 heteroatoms. The zero-order valence-corrected chi connectivity index (χ0v) is 11.1. The van der Waals surface area contributed by atoms with Crippen molar-refractivity contribution in [2.75, 3.05) is 26.4 Å². The Labute approximate surface area is 105 Å². The summed E-state index contributed by atoms with van der Waals surface area (Å²) < 4.78 is 11.3. The first-order chi connectivity index (χ1) is 8.40. The van der Waals surface area contributed by atoms with Gasteiger partial charge in [0, 0.05) is 25.9 Å². The highest BCUT2D eigenvalue weighted by atomic mass is 16.5. The summed E-state index contributed by atoms with van der Waals surface area (Å²) in [4.78, 5) is 0. The summed E-state index contributed by atoms with van der Waals surface area (Å²) in [7, 11) is 0. The Morgan fingerprint density at radius 2 is 2.00 bits per heavy atom. The maximum absolute atomic E-state index is 5.96. The third-order valence-electron chi connectivity index (χ3n) is 4.14. The monoisotopic (exact) mass is 241 g/mol. The van der Waals surface area contributed by atoms with Crippen molar-refractivity contribution in [3.63, 3.8) is 0 Å². The third-order valence-corrected chi connectivity index (χ3v) is 4.14. The van der Waals surface area contributed by atoms with Crippen molar-refractivity contribution in [1.82, 2.24) is 5.32 Å². The van der Waals surface area contributed by atoms with Gasteiger partial charge in [-0.1, -0.05) is 13.3 Å². The van der Waals surface area contributed by atoms with Crippen LogP contribution in [-0.2, 0) is 9.47 Å². The van der Waals surface area contributed by atoms with Crippen molar-refractivity contribution < 1.29 is 9.47 Å². The lowest BCUT2D eigenvalue weighted by Gasteiger charge is -2.24. The van der Waals surface area contributed by atoms with Gasteiger partial charge in [0.1, 0.15) is 0 Å². The molecule has 0 bridgehead atoms. The van der Waals surface area contributed by atoms with E-state index in [0.29, 0.717) is 6.10 Å². The predicted molar refractivity (Wildman–Crippen MR) is 69.2 cm³/mol. The second-order valence-corrected chi connectivity index (χ2v) is 5.33. The lowest BCUT2D eigenvalue weighted by molar-refractivity contribution is -0.0355. The smallest absolute Gasteiger partial charge is 0.0619 e. The van der Waals surface area contributed by atoms with E-state index in [1.165, 1.54) is 25.7 Å². The minimum atomic E-state index is 0.461. The van der Waals surface area contributed by atoms with E-state index in [4.69, 9.17) is 9.47 Å². The molecule has 1 saturated heterocycles. The van der Waals surface area contributed by atoms with Gasteiger partial charge in [0.25, 0.3) is 0 Å². The van der Waals surface area contributed by atoms with E-state index in [1.54, 1.807) is 0 Å². The van der Waals surface area contributed by atoms with Crippen LogP contribution in [0.5, 0.6) is 0 Å². The highest BCUT2D eigenvalue weighted by molar-refractivity contribution is 4.82. The van der Waals surface area contributed by atoms with Gasteiger partial charge in [0.2, 0.25) is 0 Å². The van der Waals surface area contributed by atoms with E-state index in [-0.39, 0.29) is 0 Å². The Kier molecular flexibility index (Phi) is 5.75. The summed E-state index contributed by atoms with van der Waals surface area (Å²) in [6.07, 6.45) is 7.99. The lowest BCUT2D eigenvalue weighted by atomic mass is 10.00. The number of ether oxygens (including phenoxy) is 2. The topological polar surface area (TPSA) is 30.5 Å². The Balaban J connectivity index is 1.60. The fourth-order valence-corrected chi connectivity index (χ4v) is 3.14. The maximum Gasteiger partial charge on any atom is 0.0619 e. The van der Waals surface area contributed by atoms with E-state index < -0.39 is 0 Å². The maximum atomic E-state index is 5.96. The standard InChI is InChI=1S/C14H27NO2/c1-2-15-14-5-3-4-12(14)6-11-17-13-7-9-16-10-8-13/h12-15H,2-11H2,1H3. The molecule has 0 amide bonds. The van der Waals surface area contributed by atoms with Crippen molar-refractivity contribution in [3.05, 3.63) is 0 Å². The number of rotatable bonds is 6. The third kappa shape index (κ3) is 4.23. The molecule has 1 N–H and O–H groups in total. The molecule has 1 aliphatic heterocycles. The molecule has 0 aromatic heterocycles. The molecule has 1 aliphatic carbocycles. The number of hydrogen-bond acceptors (Lipinski definition) is 3. The molecule has 100 valence electrons. The van der Waals surface area contributed by atoms with E-state index >= 15 is 0 Å². The summed E-state index contributed by atoms with van der Waals surface area (Å²) in [5.74, 6) is 0.842. The van der Waals surface area contributed by atoms with E-state index in [2.05, 4.69) is 12.2 Å². The van der Waals surface area contributed by atoms with Gasteiger partial charge >= 0.3 is 0 Å². The van der Waals surface area contributed by atoms with Crippen molar-refractivity contribution >= 4 is 0 Å². The molecule has 2 rings (SSSR count). The zero-order valence-electron chi connectivity index (χ0n) is 11.1. The molecule has 2 unspecified atom stereocenters. The van der Waals surface area contributed by atoms with Crippen LogP contribution in [-0.4, -0.2) is 38.5 Å². The fourth-order valence-electron chi connectivity index (χ4n) is 3.14.